The van der Waals surface area contributed by atoms with Crippen LogP contribution in [0.2, 0.25) is 0 Å². The zero-order chi connectivity index (χ0) is 33.5. The van der Waals surface area contributed by atoms with Crippen molar-refractivity contribution in [2.45, 2.75) is 31.6 Å². The number of carbonyl (C=O) groups is 1. The lowest BCUT2D eigenvalue weighted by Gasteiger charge is -2.23. The van der Waals surface area contributed by atoms with Gasteiger partial charge in [-0.25, -0.2) is 26.9 Å². The van der Waals surface area contributed by atoms with Crippen molar-refractivity contribution in [3.8, 4) is 23.1 Å². The van der Waals surface area contributed by atoms with Crippen LogP contribution in [0.25, 0.3) is 16.6 Å². The van der Waals surface area contributed by atoms with Gasteiger partial charge in [0.2, 0.25) is 27.4 Å². The summed E-state index contributed by atoms with van der Waals surface area (Å²) < 4.78 is 99.3. The molecule has 4 heterocycles. The molecule has 0 bridgehead atoms. The molecule has 0 unspecified atom stereocenters. The molecule has 4 N–H and O–H groups in total. The van der Waals surface area contributed by atoms with Crippen molar-refractivity contribution in [3.05, 3.63) is 83.3 Å². The van der Waals surface area contributed by atoms with Crippen molar-refractivity contribution in [2.24, 2.45) is 0 Å². The molecule has 1 aliphatic heterocycles. The zero-order valence-corrected chi connectivity index (χ0v) is 25.3. The number of ketones is 1. The van der Waals surface area contributed by atoms with Gasteiger partial charge in [0.25, 0.3) is 0 Å². The third kappa shape index (κ3) is 6.44. The standard InChI is InChI=1S/C30H26F4N6O6S/c1-15-9-26(46-28-19(31)3-2-4-20(28)32)36-14-24(15)40-29(35)18(13-37-40)27(41)23-10-16-11-25(45-30(33)34)22(12-21(16)38-23)39-47(42,43)17-5-7-44-8-6-17/h2-4,9-14,17,30,38-39H,5-8,35H2,1H3. The summed E-state index contributed by atoms with van der Waals surface area (Å²) in [6.45, 7) is -1.10. The van der Waals surface area contributed by atoms with E-state index in [1.165, 1.54) is 47.4 Å². The van der Waals surface area contributed by atoms with Gasteiger partial charge in [0.05, 0.1) is 40.3 Å². The number of aryl methyl sites for hydroxylation is 1. The highest BCUT2D eigenvalue weighted by molar-refractivity contribution is 7.93. The highest BCUT2D eigenvalue weighted by Gasteiger charge is 2.29. The van der Waals surface area contributed by atoms with E-state index in [0.717, 1.165) is 12.1 Å². The molecule has 6 rings (SSSR count). The van der Waals surface area contributed by atoms with E-state index in [2.05, 4.69) is 24.5 Å². The van der Waals surface area contributed by atoms with Gasteiger partial charge in [-0.05, 0) is 55.7 Å². The van der Waals surface area contributed by atoms with Gasteiger partial charge in [0.1, 0.15) is 5.82 Å². The van der Waals surface area contributed by atoms with Crippen molar-refractivity contribution < 1.29 is 45.0 Å². The number of para-hydroxylation sites is 1. The van der Waals surface area contributed by atoms with E-state index in [-0.39, 0.29) is 65.6 Å². The predicted octanol–water partition coefficient (Wildman–Crippen LogP) is 5.46. The van der Waals surface area contributed by atoms with Gasteiger partial charge in [0.15, 0.2) is 17.4 Å². The Morgan fingerprint density at radius 3 is 2.53 bits per heavy atom. The number of rotatable bonds is 10. The minimum Gasteiger partial charge on any atom is -0.433 e. The fourth-order valence-electron chi connectivity index (χ4n) is 5.13. The summed E-state index contributed by atoms with van der Waals surface area (Å²) in [6, 6.07) is 8.53. The lowest BCUT2D eigenvalue weighted by molar-refractivity contribution is -0.0492. The van der Waals surface area contributed by atoms with Crippen LogP contribution in [0.5, 0.6) is 17.4 Å². The summed E-state index contributed by atoms with van der Waals surface area (Å²) in [5, 5.41) is 3.70. The number of fused-ring (bicyclic) bond motifs is 1. The molecular weight excluding hydrogens is 648 g/mol. The average molecular weight is 675 g/mol. The average Bonchev–Trinajstić information content (AvgIpc) is 3.62. The molecule has 0 saturated carbocycles. The Morgan fingerprint density at radius 1 is 1.13 bits per heavy atom. The van der Waals surface area contributed by atoms with Gasteiger partial charge in [-0.2, -0.15) is 13.9 Å². The summed E-state index contributed by atoms with van der Waals surface area (Å²) in [5.41, 5.74) is 7.15. The Hall–Kier alpha value is -5.16. The number of nitrogen functional groups attached to an aromatic ring is 1. The first kappa shape index (κ1) is 31.8. The first-order chi connectivity index (χ1) is 22.4. The number of aromatic amines is 1. The largest absolute Gasteiger partial charge is 0.433 e. The van der Waals surface area contributed by atoms with E-state index < -0.39 is 50.8 Å². The van der Waals surface area contributed by atoms with Crippen LogP contribution in [0, 0.1) is 18.6 Å². The summed E-state index contributed by atoms with van der Waals surface area (Å²) in [7, 11) is -3.98. The Morgan fingerprint density at radius 2 is 1.85 bits per heavy atom. The van der Waals surface area contributed by atoms with Crippen LogP contribution < -0.4 is 19.9 Å². The minimum atomic E-state index is -3.98. The molecule has 12 nitrogen and oxygen atoms in total. The van der Waals surface area contributed by atoms with Crippen LogP contribution in [0.4, 0.5) is 29.1 Å². The van der Waals surface area contributed by atoms with Gasteiger partial charge < -0.3 is 24.9 Å². The van der Waals surface area contributed by atoms with Gasteiger partial charge in [-0.3, -0.25) is 9.52 Å². The van der Waals surface area contributed by atoms with Crippen molar-refractivity contribution in [3.63, 3.8) is 0 Å². The Kier molecular flexibility index (Phi) is 8.50. The maximum absolute atomic E-state index is 14.0. The molecule has 0 radical (unpaired) electrons. The number of hydrogen-bond acceptors (Lipinski definition) is 9. The second-order valence-electron chi connectivity index (χ2n) is 10.6. The molecule has 1 fully saturated rings. The lowest BCUT2D eigenvalue weighted by atomic mass is 10.1. The number of aromatic nitrogens is 4. The molecule has 1 aliphatic rings. The monoisotopic (exact) mass is 674 g/mol. The molecule has 3 aromatic heterocycles. The van der Waals surface area contributed by atoms with Crippen LogP contribution in [0.15, 0.2) is 54.9 Å². The summed E-state index contributed by atoms with van der Waals surface area (Å²) in [6.07, 6.45) is 3.00. The highest BCUT2D eigenvalue weighted by atomic mass is 32.2. The van der Waals surface area contributed by atoms with Crippen LogP contribution >= 0.6 is 0 Å². The normalized spacial score (nSPS) is 14.1. The van der Waals surface area contributed by atoms with E-state index in [9.17, 15) is 30.8 Å². The number of pyridine rings is 1. The number of nitrogens with zero attached hydrogens (tertiary/aromatic N) is 3. The number of H-pyrrole nitrogens is 1. The second kappa shape index (κ2) is 12.6. The van der Waals surface area contributed by atoms with Gasteiger partial charge in [-0.1, -0.05) is 6.07 Å². The number of sulfonamides is 1. The SMILES string of the molecule is Cc1cc(Oc2c(F)cccc2F)ncc1-n1ncc(C(=O)c2cc3cc(OC(F)F)c(NS(=O)(=O)C4CCOCC4)cc3[nH]2)c1N. The lowest BCUT2D eigenvalue weighted by Crippen LogP contribution is -2.33. The van der Waals surface area contributed by atoms with Gasteiger partial charge >= 0.3 is 6.61 Å². The summed E-state index contributed by atoms with van der Waals surface area (Å²) >= 11 is 0. The van der Waals surface area contributed by atoms with Gasteiger partial charge in [-0.15, -0.1) is 0 Å². The molecule has 0 atom stereocenters. The molecule has 47 heavy (non-hydrogen) atoms. The van der Waals surface area contributed by atoms with E-state index in [0.29, 0.717) is 11.3 Å². The number of anilines is 2. The molecule has 1 saturated heterocycles. The first-order valence-electron chi connectivity index (χ1n) is 14.1. The quantitative estimate of drug-likeness (QED) is 0.129. The molecule has 0 amide bonds. The highest BCUT2D eigenvalue weighted by Crippen LogP contribution is 2.35. The van der Waals surface area contributed by atoms with E-state index in [4.69, 9.17) is 15.2 Å². The maximum Gasteiger partial charge on any atom is 0.387 e. The second-order valence-corrected chi connectivity index (χ2v) is 12.6. The van der Waals surface area contributed by atoms with Gasteiger partial charge in [0, 0.05) is 30.2 Å². The molecule has 2 aromatic carbocycles. The predicted molar refractivity (Wildman–Crippen MR) is 162 cm³/mol. The Labute approximate surface area is 264 Å². The fourth-order valence-corrected chi connectivity index (χ4v) is 6.58. The number of halogens is 4. The Balaban J connectivity index is 1.27. The maximum atomic E-state index is 14.0. The fraction of sp³-hybridized carbons (Fsp3) is 0.233. The van der Waals surface area contributed by atoms with E-state index in [1.807, 2.05) is 0 Å². The van der Waals surface area contributed by atoms with Crippen LogP contribution in [-0.4, -0.2) is 59.0 Å². The molecule has 17 heteroatoms. The van der Waals surface area contributed by atoms with Crippen LogP contribution in [-0.2, 0) is 14.8 Å². The number of alkyl halides is 2. The number of hydrogen-bond donors (Lipinski definition) is 3. The van der Waals surface area contributed by atoms with Crippen molar-refractivity contribution in [1.82, 2.24) is 19.7 Å². The third-order valence-corrected chi connectivity index (χ3v) is 9.36. The number of carbonyl (C=O) groups excluding carboxylic acids is 1. The number of nitrogens with two attached hydrogens (primary N) is 1. The summed E-state index contributed by atoms with van der Waals surface area (Å²) in [4.78, 5) is 20.5. The van der Waals surface area contributed by atoms with E-state index >= 15 is 0 Å². The van der Waals surface area contributed by atoms with Crippen molar-refractivity contribution in [1.29, 1.82) is 0 Å². The minimum absolute atomic E-state index is 0.00388. The molecular formula is C30H26F4N6O6S. The first-order valence-corrected chi connectivity index (χ1v) is 15.6. The molecule has 246 valence electrons. The van der Waals surface area contributed by atoms with Crippen LogP contribution in [0.1, 0.15) is 34.5 Å². The van der Waals surface area contributed by atoms with Crippen molar-refractivity contribution in [2.75, 3.05) is 23.7 Å². The third-order valence-electron chi connectivity index (χ3n) is 7.50. The van der Waals surface area contributed by atoms with Crippen LogP contribution in [0.3, 0.4) is 0 Å². The number of benzene rings is 2. The van der Waals surface area contributed by atoms with E-state index in [1.54, 1.807) is 6.92 Å². The topological polar surface area (TPSA) is 163 Å². The smallest absolute Gasteiger partial charge is 0.387 e. The Bertz CT molecular complexity index is 2080. The zero-order valence-electron chi connectivity index (χ0n) is 24.5. The molecule has 0 aliphatic carbocycles. The van der Waals surface area contributed by atoms with Crippen molar-refractivity contribution >= 4 is 38.2 Å². The molecule has 0 spiro atoms. The molecule has 5 aromatic rings. The number of nitrogens with one attached hydrogen (secondary N) is 2. The summed E-state index contributed by atoms with van der Waals surface area (Å²) in [5.74, 6) is -3.63. The number of ether oxygens (including phenoxy) is 3.